The number of aryl methyl sites for hydroxylation is 5. The van der Waals surface area contributed by atoms with Crippen LogP contribution in [0.5, 0.6) is 0 Å². The summed E-state index contributed by atoms with van der Waals surface area (Å²) >= 11 is 1.48. The van der Waals surface area contributed by atoms with Crippen LogP contribution in [0.15, 0.2) is 29.2 Å². The van der Waals surface area contributed by atoms with Crippen molar-refractivity contribution in [2.75, 3.05) is 0 Å². The molecule has 138 valence electrons. The molecular weight excluding hydrogens is 366 g/mol. The summed E-state index contributed by atoms with van der Waals surface area (Å²) in [6.07, 6.45) is 0. The first-order valence-electron chi connectivity index (χ1n) is 8.37. The summed E-state index contributed by atoms with van der Waals surface area (Å²) in [7, 11) is -3.66. The SMILES string of the molecule is Cc1ccc(C)c(CNS(=O)(=O)c2c(C)sc(C)c2-c2cc(C)[nH]n2)c1. The monoisotopic (exact) mass is 389 g/mol. The molecule has 0 bridgehead atoms. The van der Waals surface area contributed by atoms with Gasteiger partial charge in [-0.25, -0.2) is 13.1 Å². The van der Waals surface area contributed by atoms with Crippen LogP contribution in [0.25, 0.3) is 11.3 Å². The maximum Gasteiger partial charge on any atom is 0.242 e. The third-order valence-corrected chi connectivity index (χ3v) is 7.12. The van der Waals surface area contributed by atoms with Gasteiger partial charge < -0.3 is 0 Å². The molecule has 0 amide bonds. The van der Waals surface area contributed by atoms with Gasteiger partial charge in [0.25, 0.3) is 0 Å². The molecule has 0 saturated carbocycles. The fraction of sp³-hybridized carbons (Fsp3) is 0.316. The Hall–Kier alpha value is -1.96. The minimum atomic E-state index is -3.66. The molecule has 0 spiro atoms. The number of hydrogen-bond donors (Lipinski definition) is 2. The number of rotatable bonds is 5. The number of nitrogens with one attached hydrogen (secondary N) is 2. The van der Waals surface area contributed by atoms with Crippen molar-refractivity contribution >= 4 is 21.4 Å². The molecular formula is C19H23N3O2S2. The Kier molecular flexibility index (Phi) is 5.05. The maximum absolute atomic E-state index is 13.1. The lowest BCUT2D eigenvalue weighted by molar-refractivity contribution is 0.581. The second-order valence-corrected chi connectivity index (χ2v) is 9.74. The average molecular weight is 390 g/mol. The zero-order valence-electron chi connectivity index (χ0n) is 15.6. The Morgan fingerprint density at radius 3 is 2.46 bits per heavy atom. The van der Waals surface area contributed by atoms with Gasteiger partial charge in [0.2, 0.25) is 10.0 Å². The van der Waals surface area contributed by atoms with Crippen LogP contribution in [0, 0.1) is 34.6 Å². The average Bonchev–Trinajstić information content (AvgIpc) is 3.11. The van der Waals surface area contributed by atoms with Gasteiger partial charge in [-0.05, 0) is 51.8 Å². The number of aromatic amines is 1. The zero-order valence-corrected chi connectivity index (χ0v) is 17.2. The zero-order chi connectivity index (χ0) is 19.1. The summed E-state index contributed by atoms with van der Waals surface area (Å²) in [5.41, 5.74) is 5.41. The third kappa shape index (κ3) is 3.60. The number of hydrogen-bond acceptors (Lipinski definition) is 4. The smallest absolute Gasteiger partial charge is 0.242 e. The van der Waals surface area contributed by atoms with Gasteiger partial charge >= 0.3 is 0 Å². The normalized spacial score (nSPS) is 11.9. The van der Waals surface area contributed by atoms with E-state index in [1.807, 2.05) is 58.9 Å². The summed E-state index contributed by atoms with van der Waals surface area (Å²) in [6.45, 7) is 9.93. The largest absolute Gasteiger partial charge is 0.282 e. The molecule has 2 heterocycles. The summed E-state index contributed by atoms with van der Waals surface area (Å²) in [5.74, 6) is 0. The van der Waals surface area contributed by atoms with E-state index < -0.39 is 10.0 Å². The number of sulfonamides is 1. The van der Waals surface area contributed by atoms with Crippen molar-refractivity contribution in [1.82, 2.24) is 14.9 Å². The van der Waals surface area contributed by atoms with Gasteiger partial charge in [-0.15, -0.1) is 11.3 Å². The van der Waals surface area contributed by atoms with Crippen molar-refractivity contribution in [3.8, 4) is 11.3 Å². The highest BCUT2D eigenvalue weighted by Gasteiger charge is 2.27. The van der Waals surface area contributed by atoms with Gasteiger partial charge in [-0.1, -0.05) is 23.8 Å². The molecule has 26 heavy (non-hydrogen) atoms. The van der Waals surface area contributed by atoms with E-state index in [0.29, 0.717) is 16.2 Å². The topological polar surface area (TPSA) is 74.8 Å². The fourth-order valence-corrected chi connectivity index (χ4v) is 5.94. The van der Waals surface area contributed by atoms with Gasteiger partial charge in [0, 0.05) is 27.6 Å². The van der Waals surface area contributed by atoms with Crippen LogP contribution < -0.4 is 4.72 Å². The number of nitrogens with zero attached hydrogens (tertiary/aromatic N) is 1. The molecule has 0 radical (unpaired) electrons. The Morgan fingerprint density at radius 1 is 1.08 bits per heavy atom. The van der Waals surface area contributed by atoms with Crippen molar-refractivity contribution in [1.29, 1.82) is 0 Å². The second-order valence-electron chi connectivity index (χ2n) is 6.61. The first-order chi connectivity index (χ1) is 12.2. The molecule has 2 N–H and O–H groups in total. The molecule has 1 aromatic carbocycles. The highest BCUT2D eigenvalue weighted by atomic mass is 32.2. The Morgan fingerprint density at radius 2 is 1.81 bits per heavy atom. The minimum Gasteiger partial charge on any atom is -0.282 e. The van der Waals surface area contributed by atoms with Gasteiger partial charge in [0.1, 0.15) is 4.90 Å². The quantitative estimate of drug-likeness (QED) is 0.688. The molecule has 3 rings (SSSR count). The predicted octanol–water partition coefficient (Wildman–Crippen LogP) is 4.16. The number of aromatic nitrogens is 2. The van der Waals surface area contributed by atoms with Crippen LogP contribution in [0.3, 0.4) is 0 Å². The van der Waals surface area contributed by atoms with Crippen molar-refractivity contribution < 1.29 is 8.42 Å². The summed E-state index contributed by atoms with van der Waals surface area (Å²) in [5, 5.41) is 7.16. The molecule has 0 saturated heterocycles. The van der Waals surface area contributed by atoms with Crippen molar-refractivity contribution in [2.45, 2.75) is 46.1 Å². The maximum atomic E-state index is 13.1. The van der Waals surface area contributed by atoms with E-state index in [0.717, 1.165) is 32.1 Å². The summed E-state index contributed by atoms with van der Waals surface area (Å²) in [4.78, 5) is 2.05. The number of benzene rings is 1. The highest BCUT2D eigenvalue weighted by molar-refractivity contribution is 7.89. The van der Waals surface area contributed by atoms with Gasteiger partial charge in [-0.2, -0.15) is 5.10 Å². The first-order valence-corrected chi connectivity index (χ1v) is 10.7. The highest BCUT2D eigenvalue weighted by Crippen LogP contribution is 2.38. The lowest BCUT2D eigenvalue weighted by atomic mass is 10.1. The fourth-order valence-electron chi connectivity index (χ4n) is 3.06. The second kappa shape index (κ2) is 6.98. The Labute approximate surface area is 158 Å². The molecule has 0 unspecified atom stereocenters. The first kappa shape index (κ1) is 18.8. The summed E-state index contributed by atoms with van der Waals surface area (Å²) < 4.78 is 29.0. The van der Waals surface area contributed by atoms with Crippen LogP contribution in [-0.4, -0.2) is 18.6 Å². The van der Waals surface area contributed by atoms with Crippen LogP contribution in [-0.2, 0) is 16.6 Å². The van der Waals surface area contributed by atoms with Gasteiger partial charge in [0.05, 0.1) is 5.69 Å². The van der Waals surface area contributed by atoms with Crippen LogP contribution in [0.1, 0.15) is 32.1 Å². The molecule has 2 aromatic heterocycles. The molecule has 0 atom stereocenters. The summed E-state index contributed by atoms with van der Waals surface area (Å²) in [6, 6.07) is 7.92. The van der Waals surface area contributed by atoms with E-state index in [-0.39, 0.29) is 6.54 Å². The van der Waals surface area contributed by atoms with E-state index in [2.05, 4.69) is 14.9 Å². The van der Waals surface area contributed by atoms with Crippen molar-refractivity contribution in [2.24, 2.45) is 0 Å². The van der Waals surface area contributed by atoms with E-state index in [9.17, 15) is 8.42 Å². The van der Waals surface area contributed by atoms with Gasteiger partial charge in [0.15, 0.2) is 0 Å². The predicted molar refractivity (Wildman–Crippen MR) is 106 cm³/mol. The van der Waals surface area contributed by atoms with Crippen molar-refractivity contribution in [3.63, 3.8) is 0 Å². The van der Waals surface area contributed by atoms with Crippen molar-refractivity contribution in [3.05, 3.63) is 56.4 Å². The molecule has 3 aromatic rings. The van der Waals surface area contributed by atoms with E-state index in [1.165, 1.54) is 11.3 Å². The molecule has 0 aliphatic carbocycles. The molecule has 0 aliphatic rings. The standard InChI is InChI=1S/C19H23N3O2S2/c1-11-6-7-12(2)16(8-11)10-20-26(23,24)19-15(5)25-14(4)18(19)17-9-13(3)21-22-17/h6-9,20H,10H2,1-5H3,(H,21,22). The third-order valence-electron chi connectivity index (χ3n) is 4.39. The molecule has 0 fully saturated rings. The van der Waals surface area contributed by atoms with Crippen LogP contribution >= 0.6 is 11.3 Å². The van der Waals surface area contributed by atoms with E-state index in [1.54, 1.807) is 0 Å². The molecule has 0 aliphatic heterocycles. The Balaban J connectivity index is 1.99. The Bertz CT molecular complexity index is 1060. The van der Waals surface area contributed by atoms with Gasteiger partial charge in [-0.3, -0.25) is 5.10 Å². The number of H-pyrrole nitrogens is 1. The van der Waals surface area contributed by atoms with Crippen LogP contribution in [0.2, 0.25) is 0 Å². The lowest BCUT2D eigenvalue weighted by Crippen LogP contribution is -2.24. The number of thiophene rings is 1. The van der Waals surface area contributed by atoms with E-state index >= 15 is 0 Å². The van der Waals surface area contributed by atoms with E-state index in [4.69, 9.17) is 0 Å². The van der Waals surface area contributed by atoms with Crippen LogP contribution in [0.4, 0.5) is 0 Å². The minimum absolute atomic E-state index is 0.267. The molecule has 7 heteroatoms. The lowest BCUT2D eigenvalue weighted by Gasteiger charge is -2.11. The molecule has 5 nitrogen and oxygen atoms in total.